The number of halogens is 2. The van der Waals surface area contributed by atoms with Gasteiger partial charge < -0.3 is 15.5 Å². The molecule has 0 aromatic heterocycles. The highest BCUT2D eigenvalue weighted by molar-refractivity contribution is 5.98. The van der Waals surface area contributed by atoms with Gasteiger partial charge in [-0.05, 0) is 67.6 Å². The van der Waals surface area contributed by atoms with Crippen molar-refractivity contribution in [1.82, 2.24) is 9.80 Å². The van der Waals surface area contributed by atoms with E-state index in [1.54, 1.807) is 11.0 Å². The number of nitrogens with zero attached hydrogens (tertiary/aromatic N) is 2. The van der Waals surface area contributed by atoms with Gasteiger partial charge in [-0.15, -0.1) is 0 Å². The van der Waals surface area contributed by atoms with Crippen molar-refractivity contribution in [3.05, 3.63) is 58.7 Å². The number of likely N-dealkylation sites (N-methyl/N-ethyl adjacent to an activating group) is 1. The molecule has 2 aromatic carbocycles. The van der Waals surface area contributed by atoms with E-state index in [9.17, 15) is 18.4 Å². The number of anilines is 2. The average Bonchev–Trinajstić information content (AvgIpc) is 3.50. The van der Waals surface area contributed by atoms with Crippen LogP contribution in [0.25, 0.3) is 0 Å². The Morgan fingerprint density at radius 1 is 1.15 bits per heavy atom. The van der Waals surface area contributed by atoms with Crippen LogP contribution in [0.3, 0.4) is 0 Å². The first-order valence-electron chi connectivity index (χ1n) is 11.4. The highest BCUT2D eigenvalue weighted by Gasteiger charge is 2.38. The van der Waals surface area contributed by atoms with E-state index in [-0.39, 0.29) is 36.0 Å². The summed E-state index contributed by atoms with van der Waals surface area (Å²) in [6.45, 7) is 4.12. The third-order valence-corrected chi connectivity index (χ3v) is 7.23. The minimum atomic E-state index is -0.616. The quantitative estimate of drug-likeness (QED) is 0.745. The van der Waals surface area contributed by atoms with E-state index >= 15 is 0 Å². The lowest BCUT2D eigenvalue weighted by molar-refractivity contribution is -0.130. The summed E-state index contributed by atoms with van der Waals surface area (Å²) in [6.07, 6.45) is 1.91. The van der Waals surface area contributed by atoms with Crippen LogP contribution in [0, 0.1) is 18.6 Å². The number of nitrogens with one attached hydrogen (secondary N) is 2. The van der Waals surface area contributed by atoms with Gasteiger partial charge in [0.05, 0.1) is 6.04 Å². The van der Waals surface area contributed by atoms with Crippen molar-refractivity contribution < 1.29 is 18.4 Å². The van der Waals surface area contributed by atoms with Gasteiger partial charge >= 0.3 is 0 Å². The maximum atomic E-state index is 14.5. The molecule has 2 amide bonds. The molecule has 0 spiro atoms. The molecule has 3 aliphatic rings. The van der Waals surface area contributed by atoms with E-state index in [1.165, 1.54) is 18.2 Å². The highest BCUT2D eigenvalue weighted by Crippen LogP contribution is 2.34. The molecule has 0 radical (unpaired) electrons. The Labute approximate surface area is 191 Å². The van der Waals surface area contributed by atoms with Crippen molar-refractivity contribution >= 4 is 23.2 Å². The topological polar surface area (TPSA) is 64.7 Å². The minimum Gasteiger partial charge on any atom is -0.373 e. The molecule has 5 rings (SSSR count). The van der Waals surface area contributed by atoms with Gasteiger partial charge in [0.1, 0.15) is 17.7 Å². The zero-order chi connectivity index (χ0) is 23.3. The van der Waals surface area contributed by atoms with Gasteiger partial charge in [-0.2, -0.15) is 0 Å². The number of carbonyl (C=O) groups excluding carboxylic acids is 2. The maximum absolute atomic E-state index is 14.5. The maximum Gasteiger partial charge on any atom is 0.247 e. The fourth-order valence-electron chi connectivity index (χ4n) is 5.36. The van der Waals surface area contributed by atoms with Crippen molar-refractivity contribution in [2.45, 2.75) is 44.2 Å². The van der Waals surface area contributed by atoms with E-state index in [1.807, 2.05) is 20.0 Å². The molecule has 3 aliphatic heterocycles. The van der Waals surface area contributed by atoms with Crippen molar-refractivity contribution in [3.8, 4) is 0 Å². The molecule has 3 heterocycles. The second-order valence-corrected chi connectivity index (χ2v) is 9.43. The molecule has 2 fully saturated rings. The van der Waals surface area contributed by atoms with E-state index in [4.69, 9.17) is 0 Å². The number of amides is 2. The van der Waals surface area contributed by atoms with Gasteiger partial charge in [-0.1, -0.05) is 6.07 Å². The molecule has 8 heteroatoms. The van der Waals surface area contributed by atoms with Crippen LogP contribution in [0.15, 0.2) is 30.3 Å². The lowest BCUT2D eigenvalue weighted by atomic mass is 9.97. The number of hydrogen-bond acceptors (Lipinski definition) is 4. The zero-order valence-corrected chi connectivity index (χ0v) is 18.8. The molecule has 2 saturated heterocycles. The van der Waals surface area contributed by atoms with Gasteiger partial charge in [0.15, 0.2) is 0 Å². The molecule has 0 bridgehead atoms. The number of hydrogen-bond donors (Lipinski definition) is 2. The van der Waals surface area contributed by atoms with Crippen molar-refractivity contribution in [3.63, 3.8) is 0 Å². The molecule has 33 heavy (non-hydrogen) atoms. The largest absolute Gasteiger partial charge is 0.373 e. The first-order valence-corrected chi connectivity index (χ1v) is 11.4. The number of rotatable bonds is 4. The molecule has 0 saturated carbocycles. The van der Waals surface area contributed by atoms with Crippen LogP contribution in [0.1, 0.15) is 35.4 Å². The fraction of sp³-hybridized carbons (Fsp3) is 0.440. The molecular weight excluding hydrogens is 426 g/mol. The van der Waals surface area contributed by atoms with Gasteiger partial charge in [-0.25, -0.2) is 8.78 Å². The molecule has 0 aliphatic carbocycles. The average molecular weight is 455 g/mol. The van der Waals surface area contributed by atoms with Crippen LogP contribution >= 0.6 is 0 Å². The summed E-state index contributed by atoms with van der Waals surface area (Å²) in [6, 6.07) is 7.01. The fourth-order valence-corrected chi connectivity index (χ4v) is 5.36. The minimum absolute atomic E-state index is 0.0911. The smallest absolute Gasteiger partial charge is 0.247 e. The monoisotopic (exact) mass is 454 g/mol. The van der Waals surface area contributed by atoms with Gasteiger partial charge in [0, 0.05) is 43.5 Å². The predicted molar refractivity (Wildman–Crippen MR) is 122 cm³/mol. The number of likely N-dealkylation sites (tertiary alicyclic amines) is 2. The lowest BCUT2D eigenvalue weighted by Crippen LogP contribution is -2.39. The van der Waals surface area contributed by atoms with Gasteiger partial charge in [0.25, 0.3) is 0 Å². The Kier molecular flexibility index (Phi) is 5.56. The molecule has 2 N–H and O–H groups in total. The standard InChI is InChI=1S/C25H28F2N4O2/c1-14-3-4-20(27)19-12-21(29-23(14)19)24(32)28-18-10-16(9-17(26)11-18)15-5-8-31(13-15)22-6-7-30(2)25(22)33/h3-4,9-11,15,21-22,29H,5-8,12-13H2,1-2H3,(H,28,32). The Morgan fingerprint density at radius 2 is 1.97 bits per heavy atom. The number of carbonyl (C=O) groups is 2. The summed E-state index contributed by atoms with van der Waals surface area (Å²) in [5, 5.41) is 5.91. The zero-order valence-electron chi connectivity index (χ0n) is 18.8. The number of aryl methyl sites for hydroxylation is 1. The number of benzene rings is 2. The molecule has 6 nitrogen and oxygen atoms in total. The first-order chi connectivity index (χ1) is 15.8. The Balaban J connectivity index is 1.27. The van der Waals surface area contributed by atoms with E-state index in [0.29, 0.717) is 23.5 Å². The number of fused-ring (bicyclic) bond motifs is 1. The molecule has 3 unspecified atom stereocenters. The SMILES string of the molecule is Cc1ccc(F)c2c1NC(C(=O)Nc1cc(F)cc(C3CCN(C4CCN(C)C4=O)C3)c1)C2. The molecule has 3 atom stereocenters. The summed E-state index contributed by atoms with van der Waals surface area (Å²) >= 11 is 0. The Hall–Kier alpha value is -3.00. The van der Waals surface area contributed by atoms with Crippen LogP contribution in [0.5, 0.6) is 0 Å². The summed E-state index contributed by atoms with van der Waals surface area (Å²) < 4.78 is 28.6. The van der Waals surface area contributed by atoms with Crippen LogP contribution in [-0.4, -0.2) is 60.4 Å². The Bertz CT molecular complexity index is 1090. The Morgan fingerprint density at radius 3 is 2.70 bits per heavy atom. The third-order valence-electron chi connectivity index (χ3n) is 7.23. The molecule has 174 valence electrons. The van der Waals surface area contributed by atoms with Crippen LogP contribution < -0.4 is 10.6 Å². The first kappa shape index (κ1) is 21.8. The van der Waals surface area contributed by atoms with Crippen LogP contribution in [0.2, 0.25) is 0 Å². The van der Waals surface area contributed by atoms with Gasteiger partial charge in [0.2, 0.25) is 11.8 Å². The van der Waals surface area contributed by atoms with Crippen molar-refractivity contribution in [2.24, 2.45) is 0 Å². The normalized spacial score (nSPS) is 24.8. The summed E-state index contributed by atoms with van der Waals surface area (Å²) in [4.78, 5) is 29.2. The second-order valence-electron chi connectivity index (χ2n) is 9.43. The van der Waals surface area contributed by atoms with E-state index in [2.05, 4.69) is 15.5 Å². The van der Waals surface area contributed by atoms with Gasteiger partial charge in [-0.3, -0.25) is 14.5 Å². The summed E-state index contributed by atoms with van der Waals surface area (Å²) in [5.74, 6) is -0.818. The lowest BCUT2D eigenvalue weighted by Gasteiger charge is -2.22. The molecule has 2 aromatic rings. The second kappa shape index (κ2) is 8.41. The van der Waals surface area contributed by atoms with E-state index < -0.39 is 11.9 Å². The van der Waals surface area contributed by atoms with Crippen molar-refractivity contribution in [2.75, 3.05) is 37.3 Å². The third kappa shape index (κ3) is 4.08. The van der Waals surface area contributed by atoms with Crippen LogP contribution in [-0.2, 0) is 16.0 Å². The predicted octanol–water partition coefficient (Wildman–Crippen LogP) is 3.27. The van der Waals surface area contributed by atoms with Crippen LogP contribution in [0.4, 0.5) is 20.2 Å². The molecular formula is C25H28F2N4O2. The van der Waals surface area contributed by atoms with E-state index in [0.717, 1.165) is 37.1 Å². The summed E-state index contributed by atoms with van der Waals surface area (Å²) in [5.41, 5.74) is 3.25. The summed E-state index contributed by atoms with van der Waals surface area (Å²) in [7, 11) is 1.82. The highest BCUT2D eigenvalue weighted by atomic mass is 19.1. The van der Waals surface area contributed by atoms with Crippen molar-refractivity contribution in [1.29, 1.82) is 0 Å².